The summed E-state index contributed by atoms with van der Waals surface area (Å²) in [6.07, 6.45) is 5.11. The summed E-state index contributed by atoms with van der Waals surface area (Å²) in [5.41, 5.74) is 0. The van der Waals surface area contributed by atoms with Crippen LogP contribution in [0.2, 0.25) is 13.1 Å². The molecule has 0 amide bonds. The Bertz CT molecular complexity index is 149. The van der Waals surface area contributed by atoms with Gasteiger partial charge in [0.2, 0.25) is 0 Å². The maximum Gasteiger partial charge on any atom is 0.331 e. The van der Waals surface area contributed by atoms with Crippen molar-refractivity contribution in [2.75, 3.05) is 13.2 Å². The summed E-state index contributed by atoms with van der Waals surface area (Å²) in [6.45, 7) is 12.4. The maximum atomic E-state index is 5.94. The van der Waals surface area contributed by atoms with E-state index in [9.17, 15) is 0 Å². The summed E-state index contributed by atoms with van der Waals surface area (Å²) in [6, 6.07) is 0. The average molecular weight is 232 g/mol. The van der Waals surface area contributed by atoms with Crippen molar-refractivity contribution in [3.8, 4) is 0 Å². The van der Waals surface area contributed by atoms with Gasteiger partial charge in [-0.1, -0.05) is 33.1 Å². The Morgan fingerprint density at radius 1 is 1.07 bits per heavy atom. The standard InChI is InChI=1S/C12H28O2Si/c1-6-9-10-12(7-2)11-14-15(4,5)13-8-3/h12H,6-11H2,1-5H3. The first-order valence-corrected chi connectivity index (χ1v) is 9.15. The predicted octanol–water partition coefficient (Wildman–Crippen LogP) is 3.96. The highest BCUT2D eigenvalue weighted by Gasteiger charge is 2.24. The van der Waals surface area contributed by atoms with Crippen molar-refractivity contribution in [3.63, 3.8) is 0 Å². The maximum absolute atomic E-state index is 5.94. The van der Waals surface area contributed by atoms with Gasteiger partial charge in [-0.3, -0.25) is 0 Å². The summed E-state index contributed by atoms with van der Waals surface area (Å²) < 4.78 is 11.6. The SMILES string of the molecule is CCCCC(CC)CO[Si](C)(C)OCC. The van der Waals surface area contributed by atoms with E-state index < -0.39 is 8.56 Å². The summed E-state index contributed by atoms with van der Waals surface area (Å²) in [7, 11) is -1.82. The summed E-state index contributed by atoms with van der Waals surface area (Å²) >= 11 is 0. The molecule has 0 spiro atoms. The molecule has 2 nitrogen and oxygen atoms in total. The van der Waals surface area contributed by atoms with Crippen LogP contribution in [0.4, 0.5) is 0 Å². The van der Waals surface area contributed by atoms with E-state index >= 15 is 0 Å². The van der Waals surface area contributed by atoms with Crippen LogP contribution in [-0.4, -0.2) is 21.8 Å². The Morgan fingerprint density at radius 3 is 2.20 bits per heavy atom. The van der Waals surface area contributed by atoms with Gasteiger partial charge in [0.25, 0.3) is 0 Å². The monoisotopic (exact) mass is 232 g/mol. The van der Waals surface area contributed by atoms with E-state index in [1.807, 2.05) is 6.92 Å². The highest BCUT2D eigenvalue weighted by atomic mass is 28.4. The Balaban J connectivity index is 3.77. The molecule has 0 aliphatic rings. The molecule has 1 unspecified atom stereocenters. The second kappa shape index (κ2) is 8.31. The average Bonchev–Trinajstić information content (AvgIpc) is 2.18. The van der Waals surface area contributed by atoms with Crippen LogP contribution in [0, 0.1) is 5.92 Å². The minimum atomic E-state index is -1.82. The first kappa shape index (κ1) is 15.1. The van der Waals surface area contributed by atoms with Crippen molar-refractivity contribution in [2.45, 2.75) is 59.5 Å². The van der Waals surface area contributed by atoms with Crippen molar-refractivity contribution in [1.29, 1.82) is 0 Å². The molecule has 1 atom stereocenters. The Morgan fingerprint density at radius 2 is 1.73 bits per heavy atom. The first-order chi connectivity index (χ1) is 7.05. The van der Waals surface area contributed by atoms with E-state index in [4.69, 9.17) is 8.85 Å². The molecule has 0 radical (unpaired) electrons. The molecule has 3 heteroatoms. The molecule has 0 aliphatic carbocycles. The molecule has 0 saturated heterocycles. The van der Waals surface area contributed by atoms with E-state index in [0.29, 0.717) is 0 Å². The fourth-order valence-corrected chi connectivity index (χ4v) is 3.02. The quantitative estimate of drug-likeness (QED) is 0.560. The van der Waals surface area contributed by atoms with Crippen LogP contribution < -0.4 is 0 Å². The van der Waals surface area contributed by atoms with Crippen LogP contribution in [0.15, 0.2) is 0 Å². The van der Waals surface area contributed by atoms with Gasteiger partial charge in [0, 0.05) is 13.2 Å². The Labute approximate surface area is 96.6 Å². The zero-order chi connectivity index (χ0) is 11.7. The lowest BCUT2D eigenvalue weighted by molar-refractivity contribution is 0.153. The zero-order valence-corrected chi connectivity index (χ0v) is 12.1. The van der Waals surface area contributed by atoms with Gasteiger partial charge in [0.05, 0.1) is 0 Å². The normalized spacial score (nSPS) is 14.2. The molecule has 0 aromatic carbocycles. The summed E-state index contributed by atoms with van der Waals surface area (Å²) in [5.74, 6) is 0.720. The molecule has 0 rings (SSSR count). The summed E-state index contributed by atoms with van der Waals surface area (Å²) in [4.78, 5) is 0. The number of hydrogen-bond donors (Lipinski definition) is 0. The number of rotatable bonds is 9. The molecule has 0 fully saturated rings. The molecule has 15 heavy (non-hydrogen) atoms. The van der Waals surface area contributed by atoms with Gasteiger partial charge in [-0.15, -0.1) is 0 Å². The first-order valence-electron chi connectivity index (χ1n) is 6.33. The van der Waals surface area contributed by atoms with Gasteiger partial charge >= 0.3 is 8.56 Å². The minimum absolute atomic E-state index is 0.720. The van der Waals surface area contributed by atoms with Gasteiger partial charge in [-0.05, 0) is 32.4 Å². The fourth-order valence-electron chi connectivity index (χ4n) is 1.61. The number of hydrogen-bond acceptors (Lipinski definition) is 2. The van der Waals surface area contributed by atoms with E-state index in [2.05, 4.69) is 26.9 Å². The fraction of sp³-hybridized carbons (Fsp3) is 1.00. The highest BCUT2D eigenvalue weighted by Crippen LogP contribution is 2.16. The molecular formula is C12H28O2Si. The molecule has 0 aromatic rings. The zero-order valence-electron chi connectivity index (χ0n) is 11.1. The minimum Gasteiger partial charge on any atom is -0.395 e. The van der Waals surface area contributed by atoms with Crippen molar-refractivity contribution >= 4 is 8.56 Å². The molecule has 0 bridgehead atoms. The topological polar surface area (TPSA) is 18.5 Å². The molecule has 0 saturated carbocycles. The lowest BCUT2D eigenvalue weighted by Gasteiger charge is -2.25. The largest absolute Gasteiger partial charge is 0.395 e. The van der Waals surface area contributed by atoms with Crippen molar-refractivity contribution in [3.05, 3.63) is 0 Å². The third-order valence-electron chi connectivity index (χ3n) is 2.70. The second-order valence-corrected chi connectivity index (χ2v) is 7.94. The molecule has 0 aliphatic heterocycles. The Hall–Kier alpha value is 0.137. The predicted molar refractivity (Wildman–Crippen MR) is 68.4 cm³/mol. The Kier molecular flexibility index (Phi) is 8.38. The van der Waals surface area contributed by atoms with Crippen molar-refractivity contribution in [1.82, 2.24) is 0 Å². The van der Waals surface area contributed by atoms with Gasteiger partial charge in [-0.2, -0.15) is 0 Å². The summed E-state index contributed by atoms with van der Waals surface area (Å²) in [5, 5.41) is 0. The molecule has 0 aromatic heterocycles. The van der Waals surface area contributed by atoms with Gasteiger partial charge in [-0.25, -0.2) is 0 Å². The van der Waals surface area contributed by atoms with Crippen LogP contribution >= 0.6 is 0 Å². The van der Waals surface area contributed by atoms with Crippen LogP contribution in [0.1, 0.15) is 46.5 Å². The van der Waals surface area contributed by atoms with E-state index in [-0.39, 0.29) is 0 Å². The third kappa shape index (κ3) is 8.00. The molecule has 92 valence electrons. The molecule has 0 N–H and O–H groups in total. The van der Waals surface area contributed by atoms with E-state index in [1.165, 1.54) is 25.7 Å². The lowest BCUT2D eigenvalue weighted by Crippen LogP contribution is -2.36. The lowest BCUT2D eigenvalue weighted by atomic mass is 10.0. The second-order valence-electron chi connectivity index (χ2n) is 4.56. The van der Waals surface area contributed by atoms with Crippen LogP contribution in [0.25, 0.3) is 0 Å². The highest BCUT2D eigenvalue weighted by molar-refractivity contribution is 6.64. The molecular weight excluding hydrogens is 204 g/mol. The van der Waals surface area contributed by atoms with E-state index in [1.54, 1.807) is 0 Å². The van der Waals surface area contributed by atoms with Gasteiger partial charge in [0.15, 0.2) is 0 Å². The van der Waals surface area contributed by atoms with E-state index in [0.717, 1.165) is 19.1 Å². The smallest absolute Gasteiger partial charge is 0.331 e. The van der Waals surface area contributed by atoms with Crippen molar-refractivity contribution < 1.29 is 8.85 Å². The number of unbranched alkanes of at least 4 members (excludes halogenated alkanes) is 1. The van der Waals surface area contributed by atoms with Crippen LogP contribution in [0.3, 0.4) is 0 Å². The van der Waals surface area contributed by atoms with Crippen LogP contribution in [-0.2, 0) is 8.85 Å². The van der Waals surface area contributed by atoms with Gasteiger partial charge in [0.1, 0.15) is 0 Å². The third-order valence-corrected chi connectivity index (χ3v) is 4.55. The van der Waals surface area contributed by atoms with Gasteiger partial charge < -0.3 is 8.85 Å². The molecule has 0 heterocycles. The van der Waals surface area contributed by atoms with Crippen molar-refractivity contribution in [2.24, 2.45) is 5.92 Å². The van der Waals surface area contributed by atoms with Crippen LogP contribution in [0.5, 0.6) is 0 Å².